The molecule has 0 aromatic rings. The molecule has 2 unspecified atom stereocenters. The minimum Gasteiger partial charge on any atom is -0.336 e. The molecule has 1 rings (SSSR count). The summed E-state index contributed by atoms with van der Waals surface area (Å²) in [5.74, 6) is 0.516. The van der Waals surface area contributed by atoms with Crippen molar-refractivity contribution >= 4 is 5.91 Å². The Labute approximate surface area is 99.4 Å². The lowest BCUT2D eigenvalue weighted by Crippen LogP contribution is -2.53. The number of likely N-dealkylation sites (tertiary alicyclic amines) is 1. The van der Waals surface area contributed by atoms with E-state index in [9.17, 15) is 4.79 Å². The van der Waals surface area contributed by atoms with Gasteiger partial charge in [-0.15, -0.1) is 0 Å². The Morgan fingerprint density at radius 2 is 2.00 bits per heavy atom. The molecule has 2 N–H and O–H groups in total. The molecule has 2 atom stereocenters. The molecule has 1 aliphatic rings. The molecule has 1 amide bonds. The minimum absolute atomic E-state index is 0.189. The van der Waals surface area contributed by atoms with Gasteiger partial charge in [0.25, 0.3) is 0 Å². The highest BCUT2D eigenvalue weighted by Gasteiger charge is 2.33. The fourth-order valence-electron chi connectivity index (χ4n) is 2.76. The summed E-state index contributed by atoms with van der Waals surface area (Å²) < 4.78 is 0. The molecule has 3 heteroatoms. The van der Waals surface area contributed by atoms with Crippen LogP contribution in [0.1, 0.15) is 52.9 Å². The molecule has 0 spiro atoms. The molecule has 0 saturated carbocycles. The van der Waals surface area contributed by atoms with E-state index in [0.29, 0.717) is 18.5 Å². The summed E-state index contributed by atoms with van der Waals surface area (Å²) in [7, 11) is 0. The predicted octanol–water partition coefficient (Wildman–Crippen LogP) is 2.15. The van der Waals surface area contributed by atoms with Gasteiger partial charge >= 0.3 is 0 Å². The predicted molar refractivity (Wildman–Crippen MR) is 67.1 cm³/mol. The van der Waals surface area contributed by atoms with Gasteiger partial charge in [0, 0.05) is 24.5 Å². The molecule has 94 valence electrons. The molecule has 16 heavy (non-hydrogen) atoms. The van der Waals surface area contributed by atoms with Gasteiger partial charge in [-0.25, -0.2) is 0 Å². The molecule has 0 radical (unpaired) electrons. The first-order valence-corrected chi connectivity index (χ1v) is 6.67. The molecule has 1 saturated heterocycles. The summed E-state index contributed by atoms with van der Waals surface area (Å²) in [6.45, 7) is 6.95. The Morgan fingerprint density at radius 1 is 1.38 bits per heavy atom. The molecule has 0 aliphatic carbocycles. The number of nitrogens with zero attached hydrogens (tertiary/aromatic N) is 1. The highest BCUT2D eigenvalue weighted by Crippen LogP contribution is 2.25. The van der Waals surface area contributed by atoms with Crippen LogP contribution < -0.4 is 5.73 Å². The smallest absolute Gasteiger partial charge is 0.226 e. The second-order valence-corrected chi connectivity index (χ2v) is 4.93. The molecule has 0 bridgehead atoms. The maximum Gasteiger partial charge on any atom is 0.226 e. The third-order valence-electron chi connectivity index (χ3n) is 3.89. The van der Waals surface area contributed by atoms with E-state index in [4.69, 9.17) is 5.73 Å². The van der Waals surface area contributed by atoms with E-state index in [-0.39, 0.29) is 12.0 Å². The Balaban J connectivity index is 2.76. The summed E-state index contributed by atoms with van der Waals surface area (Å²) in [6.07, 6.45) is 5.29. The van der Waals surface area contributed by atoms with Crippen LogP contribution in [0.5, 0.6) is 0 Å². The normalized spacial score (nSPS) is 26.2. The topological polar surface area (TPSA) is 46.3 Å². The van der Waals surface area contributed by atoms with Gasteiger partial charge in [-0.1, -0.05) is 13.8 Å². The van der Waals surface area contributed by atoms with Crippen LogP contribution in [0.3, 0.4) is 0 Å². The lowest BCUT2D eigenvalue weighted by atomic mass is 9.92. The van der Waals surface area contributed by atoms with Crippen LogP contribution in [-0.2, 0) is 4.79 Å². The fourth-order valence-corrected chi connectivity index (χ4v) is 2.76. The van der Waals surface area contributed by atoms with Crippen LogP contribution in [0.4, 0.5) is 0 Å². The molecule has 1 fully saturated rings. The fraction of sp³-hybridized carbons (Fsp3) is 0.923. The number of rotatable bonds is 4. The molecule has 1 heterocycles. The first-order chi connectivity index (χ1) is 7.65. The quantitative estimate of drug-likeness (QED) is 0.798. The minimum atomic E-state index is 0.189. The SMILES string of the molecule is CCC(CC)C(=O)N1C(C)CCCC1CN. The first-order valence-electron chi connectivity index (χ1n) is 6.67. The summed E-state index contributed by atoms with van der Waals surface area (Å²) in [5, 5.41) is 0. The van der Waals surface area contributed by atoms with Crippen molar-refractivity contribution in [2.45, 2.75) is 65.0 Å². The van der Waals surface area contributed by atoms with Crippen molar-refractivity contribution < 1.29 is 4.79 Å². The summed E-state index contributed by atoms with van der Waals surface area (Å²) in [4.78, 5) is 14.5. The van der Waals surface area contributed by atoms with Crippen LogP contribution >= 0.6 is 0 Å². The summed E-state index contributed by atoms with van der Waals surface area (Å²) in [5.41, 5.74) is 5.78. The number of amides is 1. The van der Waals surface area contributed by atoms with Crippen LogP contribution in [0, 0.1) is 5.92 Å². The van der Waals surface area contributed by atoms with Crippen molar-refractivity contribution in [2.75, 3.05) is 6.54 Å². The van der Waals surface area contributed by atoms with Crippen molar-refractivity contribution in [1.82, 2.24) is 4.90 Å². The number of piperidine rings is 1. The third kappa shape index (κ3) is 2.76. The monoisotopic (exact) mass is 226 g/mol. The highest BCUT2D eigenvalue weighted by atomic mass is 16.2. The van der Waals surface area contributed by atoms with E-state index < -0.39 is 0 Å². The van der Waals surface area contributed by atoms with Crippen LogP contribution in [0.25, 0.3) is 0 Å². The Morgan fingerprint density at radius 3 is 2.50 bits per heavy atom. The number of hydrogen-bond donors (Lipinski definition) is 1. The second-order valence-electron chi connectivity index (χ2n) is 4.93. The number of carbonyl (C=O) groups is 1. The van der Waals surface area contributed by atoms with E-state index in [1.165, 1.54) is 6.42 Å². The lowest BCUT2D eigenvalue weighted by molar-refractivity contribution is -0.142. The van der Waals surface area contributed by atoms with Gasteiger partial charge in [0.05, 0.1) is 0 Å². The third-order valence-corrected chi connectivity index (χ3v) is 3.89. The number of nitrogens with two attached hydrogens (primary N) is 1. The van der Waals surface area contributed by atoms with E-state index >= 15 is 0 Å². The largest absolute Gasteiger partial charge is 0.336 e. The van der Waals surface area contributed by atoms with Crippen molar-refractivity contribution in [2.24, 2.45) is 11.7 Å². The second kappa shape index (κ2) is 6.24. The van der Waals surface area contributed by atoms with Crippen molar-refractivity contribution in [1.29, 1.82) is 0 Å². The zero-order chi connectivity index (χ0) is 12.1. The Hall–Kier alpha value is -0.570. The zero-order valence-corrected chi connectivity index (χ0v) is 10.9. The van der Waals surface area contributed by atoms with Crippen molar-refractivity contribution in [3.8, 4) is 0 Å². The maximum absolute atomic E-state index is 12.4. The van der Waals surface area contributed by atoms with Gasteiger partial charge in [0.15, 0.2) is 0 Å². The first kappa shape index (κ1) is 13.5. The highest BCUT2D eigenvalue weighted by molar-refractivity contribution is 5.79. The molecule has 1 aliphatic heterocycles. The van der Waals surface area contributed by atoms with E-state index in [2.05, 4.69) is 25.7 Å². The Kier molecular flexibility index (Phi) is 5.26. The number of carbonyl (C=O) groups excluding carboxylic acids is 1. The van der Waals surface area contributed by atoms with Gasteiger partial charge in [0.2, 0.25) is 5.91 Å². The average molecular weight is 226 g/mol. The molecule has 3 nitrogen and oxygen atoms in total. The average Bonchev–Trinajstić information content (AvgIpc) is 2.29. The summed E-state index contributed by atoms with van der Waals surface area (Å²) in [6, 6.07) is 0.646. The maximum atomic E-state index is 12.4. The van der Waals surface area contributed by atoms with Crippen LogP contribution in [0.2, 0.25) is 0 Å². The van der Waals surface area contributed by atoms with Gasteiger partial charge < -0.3 is 10.6 Å². The van der Waals surface area contributed by atoms with Crippen molar-refractivity contribution in [3.63, 3.8) is 0 Å². The molecular formula is C13H26N2O. The van der Waals surface area contributed by atoms with E-state index in [1.54, 1.807) is 0 Å². The molecule has 0 aromatic heterocycles. The van der Waals surface area contributed by atoms with Gasteiger partial charge in [0.1, 0.15) is 0 Å². The van der Waals surface area contributed by atoms with Gasteiger partial charge in [-0.05, 0) is 39.0 Å². The zero-order valence-electron chi connectivity index (χ0n) is 10.9. The van der Waals surface area contributed by atoms with E-state index in [0.717, 1.165) is 25.7 Å². The summed E-state index contributed by atoms with van der Waals surface area (Å²) >= 11 is 0. The molecular weight excluding hydrogens is 200 g/mol. The van der Waals surface area contributed by atoms with Crippen LogP contribution in [-0.4, -0.2) is 29.4 Å². The number of hydrogen-bond acceptors (Lipinski definition) is 2. The van der Waals surface area contributed by atoms with Crippen LogP contribution in [0.15, 0.2) is 0 Å². The van der Waals surface area contributed by atoms with Crippen molar-refractivity contribution in [3.05, 3.63) is 0 Å². The van der Waals surface area contributed by atoms with Gasteiger partial charge in [-0.3, -0.25) is 4.79 Å². The Bertz CT molecular complexity index is 226. The molecule has 0 aromatic carbocycles. The lowest BCUT2D eigenvalue weighted by Gasteiger charge is -2.42. The standard InChI is InChI=1S/C13H26N2O/c1-4-11(5-2)13(16)15-10(3)7-6-8-12(15)9-14/h10-12H,4-9,14H2,1-3H3. The van der Waals surface area contributed by atoms with Gasteiger partial charge in [-0.2, -0.15) is 0 Å². The van der Waals surface area contributed by atoms with E-state index in [1.807, 2.05) is 0 Å².